The predicted molar refractivity (Wildman–Crippen MR) is 103 cm³/mol. The highest BCUT2D eigenvalue weighted by Crippen LogP contribution is 2.51. The number of carboxylic acid groups (broad SMARTS) is 1. The molecule has 2 bridgehead atoms. The fourth-order valence-corrected chi connectivity index (χ4v) is 5.47. The highest BCUT2D eigenvalue weighted by Gasteiger charge is 2.44. The smallest absolute Gasteiger partial charge is 0.303 e. The molecule has 3 aromatic heterocycles. The van der Waals surface area contributed by atoms with Gasteiger partial charge in [-0.1, -0.05) is 0 Å². The number of pyridine rings is 1. The number of carboxylic acids is 1. The molecule has 7 nitrogen and oxygen atoms in total. The highest BCUT2D eigenvalue weighted by atomic mass is 19.1. The number of hydrogen-bond donors (Lipinski definition) is 2. The van der Waals surface area contributed by atoms with Gasteiger partial charge in [0.1, 0.15) is 11.5 Å². The molecule has 3 fully saturated rings. The number of halogens is 2. The summed E-state index contributed by atoms with van der Waals surface area (Å²) in [5.41, 5.74) is 0.970. The average molecular weight is 413 g/mol. The molecule has 3 heterocycles. The number of hydrogen-bond acceptors (Lipinski definition) is 5. The molecule has 3 aliphatic carbocycles. The van der Waals surface area contributed by atoms with Crippen molar-refractivity contribution in [2.75, 3.05) is 0 Å². The van der Waals surface area contributed by atoms with Gasteiger partial charge in [0.25, 0.3) is 0 Å². The predicted octanol–water partition coefficient (Wildman–Crippen LogP) is 3.76. The molecule has 0 aliphatic heterocycles. The van der Waals surface area contributed by atoms with Crippen molar-refractivity contribution in [1.29, 1.82) is 0 Å². The maximum atomic E-state index is 14.6. The molecule has 2 atom stereocenters. The number of fused-ring (bicyclic) bond motifs is 4. The maximum absolute atomic E-state index is 14.6. The average Bonchev–Trinajstić information content (AvgIpc) is 3.14. The van der Waals surface area contributed by atoms with Gasteiger partial charge in [-0.15, -0.1) is 0 Å². The molecule has 0 aromatic carbocycles. The van der Waals surface area contributed by atoms with Crippen molar-refractivity contribution in [3.8, 4) is 11.5 Å². The standard InChI is InChI=1S/C21H21F2N5O2/c22-12-5-15-19(27-28-20(15)24-8-12)21-25-9-16(23)17(26-21)6-13-10-1-3-11(4-2-10)14(13)7-18(29)30/h5,8-11,13-14H,1-4,6-7H2,(H,29,30)(H,24,27,28)/t10?,11?,13-,14-/m0/s1. The number of carbonyl (C=O) groups is 1. The third-order valence-electron chi connectivity index (χ3n) is 6.83. The lowest BCUT2D eigenvalue weighted by molar-refractivity contribution is -0.141. The van der Waals surface area contributed by atoms with Gasteiger partial charge in [-0.05, 0) is 61.8 Å². The quantitative estimate of drug-likeness (QED) is 0.660. The zero-order chi connectivity index (χ0) is 20.8. The summed E-state index contributed by atoms with van der Waals surface area (Å²) >= 11 is 0. The van der Waals surface area contributed by atoms with Crippen LogP contribution in [0.1, 0.15) is 37.8 Å². The van der Waals surface area contributed by atoms with E-state index in [1.54, 1.807) is 0 Å². The lowest BCUT2D eigenvalue weighted by Gasteiger charge is -2.48. The van der Waals surface area contributed by atoms with Crippen molar-refractivity contribution < 1.29 is 18.7 Å². The van der Waals surface area contributed by atoms with Crippen molar-refractivity contribution in [2.24, 2.45) is 23.7 Å². The molecule has 3 aliphatic rings. The van der Waals surface area contributed by atoms with Gasteiger partial charge in [0.2, 0.25) is 0 Å². The van der Waals surface area contributed by atoms with Gasteiger partial charge in [-0.3, -0.25) is 9.89 Å². The molecule has 9 heteroatoms. The SMILES string of the molecule is O=C(O)C[C@H]1C2CCC(CC2)[C@@H]1Cc1nc(-c2[nH]nc3ncc(F)cc23)ncc1F. The minimum absolute atomic E-state index is 0.0408. The number of H-pyrrole nitrogens is 1. The third-order valence-corrected chi connectivity index (χ3v) is 6.83. The van der Waals surface area contributed by atoms with E-state index in [1.165, 1.54) is 6.07 Å². The number of aromatic amines is 1. The second-order valence-electron chi connectivity index (χ2n) is 8.42. The Morgan fingerprint density at radius 1 is 1.10 bits per heavy atom. The lowest BCUT2D eigenvalue weighted by atomic mass is 9.57. The normalized spacial score (nSPS) is 25.7. The zero-order valence-corrected chi connectivity index (χ0v) is 16.2. The van der Waals surface area contributed by atoms with Gasteiger partial charge in [-0.2, -0.15) is 5.10 Å². The van der Waals surface area contributed by atoms with Crippen molar-refractivity contribution in [1.82, 2.24) is 25.1 Å². The van der Waals surface area contributed by atoms with Crippen LogP contribution in [0.3, 0.4) is 0 Å². The van der Waals surface area contributed by atoms with E-state index in [9.17, 15) is 18.7 Å². The minimum Gasteiger partial charge on any atom is -0.481 e. The van der Waals surface area contributed by atoms with Crippen molar-refractivity contribution in [2.45, 2.75) is 38.5 Å². The Kier molecular flexibility index (Phi) is 4.67. The number of nitrogens with zero attached hydrogens (tertiary/aromatic N) is 4. The first-order valence-corrected chi connectivity index (χ1v) is 10.2. The summed E-state index contributed by atoms with van der Waals surface area (Å²) < 4.78 is 28.3. The molecule has 156 valence electrons. The number of aliphatic carboxylic acids is 1. The molecule has 0 radical (unpaired) electrons. The molecule has 0 spiro atoms. The highest BCUT2D eigenvalue weighted by molar-refractivity contribution is 5.88. The van der Waals surface area contributed by atoms with Gasteiger partial charge >= 0.3 is 5.97 Å². The van der Waals surface area contributed by atoms with E-state index in [2.05, 4.69) is 25.1 Å². The Morgan fingerprint density at radius 3 is 2.57 bits per heavy atom. The summed E-state index contributed by atoms with van der Waals surface area (Å²) in [4.78, 5) is 23.8. The Bertz CT molecular complexity index is 1110. The van der Waals surface area contributed by atoms with E-state index in [0.29, 0.717) is 35.0 Å². The first-order chi connectivity index (χ1) is 14.5. The van der Waals surface area contributed by atoms with Crippen LogP contribution in [0.4, 0.5) is 8.78 Å². The van der Waals surface area contributed by atoms with E-state index in [4.69, 9.17) is 0 Å². The summed E-state index contributed by atoms with van der Waals surface area (Å²) in [7, 11) is 0. The molecular weight excluding hydrogens is 392 g/mol. The van der Waals surface area contributed by atoms with Crippen molar-refractivity contribution in [3.05, 3.63) is 35.8 Å². The topological polar surface area (TPSA) is 105 Å². The fourth-order valence-electron chi connectivity index (χ4n) is 5.47. The van der Waals surface area contributed by atoms with Crippen LogP contribution in [-0.4, -0.2) is 36.2 Å². The van der Waals surface area contributed by atoms with E-state index >= 15 is 0 Å². The van der Waals surface area contributed by atoms with Crippen molar-refractivity contribution in [3.63, 3.8) is 0 Å². The Morgan fingerprint density at radius 2 is 1.83 bits per heavy atom. The minimum atomic E-state index is -0.806. The fraction of sp³-hybridized carbons (Fsp3) is 0.476. The van der Waals surface area contributed by atoms with E-state index in [1.807, 2.05) is 0 Å². The van der Waals surface area contributed by atoms with Crippen LogP contribution in [0.5, 0.6) is 0 Å². The van der Waals surface area contributed by atoms with Crippen LogP contribution in [-0.2, 0) is 11.2 Å². The van der Waals surface area contributed by atoms with Crippen LogP contribution in [0.25, 0.3) is 22.6 Å². The van der Waals surface area contributed by atoms with Gasteiger partial charge in [0.15, 0.2) is 17.3 Å². The second-order valence-corrected chi connectivity index (χ2v) is 8.42. The Labute approximate surface area is 171 Å². The van der Waals surface area contributed by atoms with E-state index in [-0.39, 0.29) is 29.8 Å². The number of nitrogens with one attached hydrogen (secondary N) is 1. The van der Waals surface area contributed by atoms with Crippen molar-refractivity contribution >= 4 is 17.0 Å². The van der Waals surface area contributed by atoms with E-state index in [0.717, 1.165) is 38.1 Å². The summed E-state index contributed by atoms with van der Waals surface area (Å²) in [5, 5.41) is 16.6. The molecule has 2 N–H and O–H groups in total. The maximum Gasteiger partial charge on any atom is 0.303 e. The Hall–Kier alpha value is -2.97. The summed E-state index contributed by atoms with van der Waals surface area (Å²) in [6.07, 6.45) is 6.89. The van der Waals surface area contributed by atoms with Gasteiger partial charge in [-0.25, -0.2) is 23.7 Å². The van der Waals surface area contributed by atoms with Crippen LogP contribution < -0.4 is 0 Å². The third kappa shape index (κ3) is 3.32. The molecule has 3 aromatic rings. The van der Waals surface area contributed by atoms with Crippen LogP contribution in [0.2, 0.25) is 0 Å². The van der Waals surface area contributed by atoms with Crippen LogP contribution in [0, 0.1) is 35.3 Å². The molecule has 30 heavy (non-hydrogen) atoms. The molecule has 0 saturated heterocycles. The van der Waals surface area contributed by atoms with Crippen LogP contribution >= 0.6 is 0 Å². The molecular formula is C21H21F2N5O2. The van der Waals surface area contributed by atoms with Crippen LogP contribution in [0.15, 0.2) is 18.5 Å². The van der Waals surface area contributed by atoms with Gasteiger partial charge < -0.3 is 5.11 Å². The molecule has 3 saturated carbocycles. The first kappa shape index (κ1) is 19.0. The first-order valence-electron chi connectivity index (χ1n) is 10.2. The monoisotopic (exact) mass is 413 g/mol. The molecule has 6 rings (SSSR count). The van der Waals surface area contributed by atoms with E-state index < -0.39 is 17.6 Å². The largest absolute Gasteiger partial charge is 0.481 e. The summed E-state index contributed by atoms with van der Waals surface area (Å²) in [6, 6.07) is 1.29. The number of rotatable bonds is 5. The summed E-state index contributed by atoms with van der Waals surface area (Å²) in [5.74, 6) is -0.710. The number of aromatic nitrogens is 5. The zero-order valence-electron chi connectivity index (χ0n) is 16.2. The van der Waals surface area contributed by atoms with Gasteiger partial charge in [0.05, 0.1) is 23.5 Å². The lowest BCUT2D eigenvalue weighted by Crippen LogP contribution is -2.42. The van der Waals surface area contributed by atoms with Gasteiger partial charge in [0, 0.05) is 6.42 Å². The summed E-state index contributed by atoms with van der Waals surface area (Å²) in [6.45, 7) is 0. The molecule has 0 unspecified atom stereocenters. The Balaban J connectivity index is 1.49. The molecule has 0 amide bonds. The second kappa shape index (κ2) is 7.37.